The average Bonchev–Trinajstić information content (AvgIpc) is 3.40. The van der Waals surface area contributed by atoms with E-state index < -0.39 is 0 Å². The number of H-pyrrole nitrogens is 1. The van der Waals surface area contributed by atoms with E-state index in [0.29, 0.717) is 11.8 Å². The molecule has 5 rings (SSSR count). The van der Waals surface area contributed by atoms with Crippen molar-refractivity contribution in [3.8, 4) is 11.3 Å². The molecule has 1 aliphatic carbocycles. The lowest BCUT2D eigenvalue weighted by atomic mass is 10.00. The summed E-state index contributed by atoms with van der Waals surface area (Å²) >= 11 is 0. The van der Waals surface area contributed by atoms with E-state index in [0.717, 1.165) is 37.2 Å². The van der Waals surface area contributed by atoms with Crippen LogP contribution in [0.25, 0.3) is 11.3 Å². The van der Waals surface area contributed by atoms with E-state index in [-0.39, 0.29) is 6.23 Å². The first-order chi connectivity index (χ1) is 12.8. The molecule has 0 amide bonds. The van der Waals surface area contributed by atoms with Crippen molar-refractivity contribution in [1.82, 2.24) is 15.1 Å². The Morgan fingerprint density at radius 3 is 2.54 bits per heavy atom. The predicted octanol–water partition coefficient (Wildman–Crippen LogP) is 3.56. The molecule has 1 unspecified atom stereocenters. The zero-order valence-electron chi connectivity index (χ0n) is 14.7. The second-order valence-corrected chi connectivity index (χ2v) is 7.45. The molecule has 1 aliphatic heterocycles. The normalized spacial score (nSPS) is 23.4. The Hall–Kier alpha value is -2.43. The number of hydrogen-bond donors (Lipinski definition) is 2. The van der Waals surface area contributed by atoms with Crippen LogP contribution in [0, 0.1) is 5.92 Å². The summed E-state index contributed by atoms with van der Waals surface area (Å²) in [5, 5.41) is 18.7. The van der Waals surface area contributed by atoms with Crippen LogP contribution in [0.3, 0.4) is 0 Å². The van der Waals surface area contributed by atoms with Gasteiger partial charge in [-0.1, -0.05) is 60.7 Å². The second-order valence-electron chi connectivity index (χ2n) is 7.45. The first-order valence-corrected chi connectivity index (χ1v) is 9.40. The third-order valence-electron chi connectivity index (χ3n) is 5.83. The molecule has 2 aromatic carbocycles. The monoisotopic (exact) mass is 345 g/mol. The van der Waals surface area contributed by atoms with Gasteiger partial charge in [-0.25, -0.2) is 0 Å². The first-order valence-electron chi connectivity index (χ1n) is 9.40. The van der Waals surface area contributed by atoms with E-state index in [9.17, 15) is 5.11 Å². The van der Waals surface area contributed by atoms with Crippen molar-refractivity contribution < 1.29 is 5.11 Å². The minimum atomic E-state index is -0.383. The summed E-state index contributed by atoms with van der Waals surface area (Å²) in [6.07, 6.45) is 1.60. The number of aliphatic hydroxyl groups excluding tert-OH is 1. The summed E-state index contributed by atoms with van der Waals surface area (Å²) in [5.74, 6) is 0.830. The van der Waals surface area contributed by atoms with Crippen LogP contribution in [0.4, 0.5) is 0 Å². The SMILES string of the molecule is OC([C@@H]1C[C@H]1c1ccccc1)N1CCc2[nH]nc(-c3ccccc3)c2C1. The summed E-state index contributed by atoms with van der Waals surface area (Å²) in [5.41, 5.74) is 5.95. The molecule has 2 heterocycles. The molecule has 3 atom stereocenters. The van der Waals surface area contributed by atoms with Crippen LogP contribution >= 0.6 is 0 Å². The van der Waals surface area contributed by atoms with Gasteiger partial charge in [0.25, 0.3) is 0 Å². The molecular weight excluding hydrogens is 322 g/mol. The Morgan fingerprint density at radius 2 is 1.77 bits per heavy atom. The molecule has 4 nitrogen and oxygen atoms in total. The number of nitrogens with zero attached hydrogens (tertiary/aromatic N) is 2. The molecule has 2 N–H and O–H groups in total. The highest BCUT2D eigenvalue weighted by atomic mass is 16.3. The van der Waals surface area contributed by atoms with Crippen molar-refractivity contribution in [2.45, 2.75) is 31.5 Å². The average molecular weight is 345 g/mol. The van der Waals surface area contributed by atoms with Crippen molar-refractivity contribution in [1.29, 1.82) is 0 Å². The number of rotatable bonds is 4. The van der Waals surface area contributed by atoms with Crippen LogP contribution in [0.1, 0.15) is 29.2 Å². The fourth-order valence-electron chi connectivity index (χ4n) is 4.27. The molecule has 0 saturated heterocycles. The summed E-state index contributed by atoms with van der Waals surface area (Å²) < 4.78 is 0. The summed E-state index contributed by atoms with van der Waals surface area (Å²) in [4.78, 5) is 2.22. The van der Waals surface area contributed by atoms with Crippen LogP contribution in [0.2, 0.25) is 0 Å². The molecule has 26 heavy (non-hydrogen) atoms. The Balaban J connectivity index is 1.34. The lowest BCUT2D eigenvalue weighted by molar-refractivity contribution is -0.0232. The van der Waals surface area contributed by atoms with Gasteiger partial charge in [0, 0.05) is 42.2 Å². The predicted molar refractivity (Wildman–Crippen MR) is 101 cm³/mol. The van der Waals surface area contributed by atoms with E-state index in [2.05, 4.69) is 51.5 Å². The third-order valence-corrected chi connectivity index (χ3v) is 5.83. The van der Waals surface area contributed by atoms with Gasteiger partial charge in [-0.05, 0) is 17.9 Å². The number of hydrogen-bond acceptors (Lipinski definition) is 3. The molecule has 3 aromatic rings. The van der Waals surface area contributed by atoms with Crippen molar-refractivity contribution >= 4 is 0 Å². The number of aromatic nitrogens is 2. The molecular formula is C22H23N3O. The minimum Gasteiger partial charge on any atom is -0.378 e. The van der Waals surface area contributed by atoms with E-state index in [1.165, 1.54) is 16.8 Å². The molecule has 1 saturated carbocycles. The summed E-state index contributed by atoms with van der Waals surface area (Å²) in [6.45, 7) is 1.64. The van der Waals surface area contributed by atoms with E-state index >= 15 is 0 Å². The maximum atomic E-state index is 11.0. The zero-order chi connectivity index (χ0) is 17.5. The van der Waals surface area contributed by atoms with E-state index in [4.69, 9.17) is 0 Å². The van der Waals surface area contributed by atoms with Crippen LogP contribution in [0.5, 0.6) is 0 Å². The van der Waals surface area contributed by atoms with Gasteiger partial charge in [-0.15, -0.1) is 0 Å². The minimum absolute atomic E-state index is 0.339. The smallest absolute Gasteiger partial charge is 0.111 e. The van der Waals surface area contributed by atoms with Gasteiger partial charge in [-0.3, -0.25) is 10.00 Å². The quantitative estimate of drug-likeness (QED) is 0.760. The Morgan fingerprint density at radius 1 is 1.04 bits per heavy atom. The van der Waals surface area contributed by atoms with Crippen LogP contribution < -0.4 is 0 Å². The van der Waals surface area contributed by atoms with Gasteiger partial charge in [-0.2, -0.15) is 5.10 Å². The molecule has 0 spiro atoms. The standard InChI is InChI=1S/C22H23N3O/c26-22(18-13-17(18)15-7-3-1-4-8-15)25-12-11-20-19(14-25)21(24-23-20)16-9-5-2-6-10-16/h1-10,17-18,22,26H,11-14H2,(H,23,24)/t17-,18+,22?/m0/s1. The van der Waals surface area contributed by atoms with Crippen molar-refractivity contribution in [2.24, 2.45) is 5.92 Å². The van der Waals surface area contributed by atoms with Gasteiger partial charge in [0.15, 0.2) is 0 Å². The highest BCUT2D eigenvalue weighted by molar-refractivity contribution is 5.64. The Bertz CT molecular complexity index is 890. The van der Waals surface area contributed by atoms with Crippen LogP contribution in [-0.4, -0.2) is 33.0 Å². The number of nitrogens with one attached hydrogen (secondary N) is 1. The highest BCUT2D eigenvalue weighted by Crippen LogP contribution is 2.50. The Labute approximate surface area is 153 Å². The van der Waals surface area contributed by atoms with Crippen LogP contribution in [-0.2, 0) is 13.0 Å². The number of benzene rings is 2. The maximum Gasteiger partial charge on any atom is 0.111 e. The van der Waals surface area contributed by atoms with E-state index in [1.54, 1.807) is 0 Å². The summed E-state index contributed by atoms with van der Waals surface area (Å²) in [7, 11) is 0. The van der Waals surface area contributed by atoms with Gasteiger partial charge >= 0.3 is 0 Å². The maximum absolute atomic E-state index is 11.0. The molecule has 132 valence electrons. The fourth-order valence-corrected chi connectivity index (χ4v) is 4.27. The fraction of sp³-hybridized carbons (Fsp3) is 0.318. The molecule has 0 bridgehead atoms. The molecule has 0 radical (unpaired) electrons. The zero-order valence-corrected chi connectivity index (χ0v) is 14.7. The third kappa shape index (κ3) is 2.75. The number of fused-ring (bicyclic) bond motifs is 1. The van der Waals surface area contributed by atoms with Gasteiger partial charge in [0.2, 0.25) is 0 Å². The number of aliphatic hydroxyl groups is 1. The molecule has 1 aromatic heterocycles. The highest BCUT2D eigenvalue weighted by Gasteiger charge is 2.46. The van der Waals surface area contributed by atoms with Gasteiger partial charge in [0.1, 0.15) is 6.23 Å². The van der Waals surface area contributed by atoms with Crippen molar-refractivity contribution in [3.05, 3.63) is 77.5 Å². The largest absolute Gasteiger partial charge is 0.378 e. The Kier molecular flexibility index (Phi) is 3.88. The molecule has 4 heteroatoms. The molecule has 2 aliphatic rings. The summed E-state index contributed by atoms with van der Waals surface area (Å²) in [6, 6.07) is 20.9. The lowest BCUT2D eigenvalue weighted by Crippen LogP contribution is -2.40. The topological polar surface area (TPSA) is 52.1 Å². The van der Waals surface area contributed by atoms with Crippen molar-refractivity contribution in [2.75, 3.05) is 6.54 Å². The first kappa shape index (κ1) is 15.8. The van der Waals surface area contributed by atoms with E-state index in [1.807, 2.05) is 24.3 Å². The van der Waals surface area contributed by atoms with Gasteiger partial charge in [0.05, 0.1) is 5.69 Å². The lowest BCUT2D eigenvalue weighted by Gasteiger charge is -2.31. The number of aromatic amines is 1. The second kappa shape index (κ2) is 6.38. The molecule has 1 fully saturated rings. The van der Waals surface area contributed by atoms with Gasteiger partial charge < -0.3 is 5.11 Å². The van der Waals surface area contributed by atoms with Crippen LogP contribution in [0.15, 0.2) is 60.7 Å². The van der Waals surface area contributed by atoms with Crippen molar-refractivity contribution in [3.63, 3.8) is 0 Å².